The molecule has 1 unspecified atom stereocenters. The van der Waals surface area contributed by atoms with Gasteiger partial charge in [-0.3, -0.25) is 15.0 Å². The number of amidine groups is 1. The number of hydrogen-bond acceptors (Lipinski definition) is 4. The van der Waals surface area contributed by atoms with E-state index in [2.05, 4.69) is 27.4 Å². The van der Waals surface area contributed by atoms with Crippen molar-refractivity contribution in [2.24, 2.45) is 15.7 Å². The van der Waals surface area contributed by atoms with Crippen molar-refractivity contribution < 1.29 is 8.78 Å². The van der Waals surface area contributed by atoms with Crippen molar-refractivity contribution in [2.45, 2.75) is 19.9 Å². The van der Waals surface area contributed by atoms with Gasteiger partial charge in [0.2, 0.25) is 0 Å². The van der Waals surface area contributed by atoms with Gasteiger partial charge in [0.05, 0.1) is 12.4 Å². The lowest BCUT2D eigenvalue weighted by Crippen LogP contribution is -2.09. The van der Waals surface area contributed by atoms with Crippen LogP contribution in [0.25, 0.3) is 11.1 Å². The summed E-state index contributed by atoms with van der Waals surface area (Å²) in [7, 11) is 0. The summed E-state index contributed by atoms with van der Waals surface area (Å²) in [6, 6.07) is 17.2. The lowest BCUT2D eigenvalue weighted by Gasteiger charge is -2.11. The summed E-state index contributed by atoms with van der Waals surface area (Å²) >= 11 is 0. The molecule has 6 heteroatoms. The molecule has 0 radical (unpaired) electrons. The van der Waals surface area contributed by atoms with Gasteiger partial charge in [-0.15, -0.1) is 0 Å². The number of nitrogens with zero attached hydrogens (tertiary/aromatic N) is 3. The molecule has 1 aliphatic heterocycles. The van der Waals surface area contributed by atoms with Crippen molar-refractivity contribution in [3.8, 4) is 11.1 Å². The van der Waals surface area contributed by atoms with Crippen LogP contribution in [0.3, 0.4) is 0 Å². The lowest BCUT2D eigenvalue weighted by molar-refractivity contribution is 0.622. The molecule has 1 aromatic heterocycles. The molecule has 1 aliphatic rings. The first-order valence-corrected chi connectivity index (χ1v) is 10.3. The van der Waals surface area contributed by atoms with E-state index in [4.69, 9.17) is 5.73 Å². The summed E-state index contributed by atoms with van der Waals surface area (Å²) in [5.41, 5.74) is 13.7. The van der Waals surface area contributed by atoms with Gasteiger partial charge in [-0.25, -0.2) is 4.39 Å². The molecule has 4 nitrogen and oxygen atoms in total. The summed E-state index contributed by atoms with van der Waals surface area (Å²) < 4.78 is 26.0. The van der Waals surface area contributed by atoms with E-state index in [0.717, 1.165) is 27.8 Å². The summed E-state index contributed by atoms with van der Waals surface area (Å²) in [5, 5.41) is 0. The molecule has 0 spiro atoms. The number of hydrogen-bond donors (Lipinski definition) is 1. The van der Waals surface area contributed by atoms with Crippen molar-refractivity contribution in [1.82, 2.24) is 4.98 Å². The number of halogens is 2. The minimum absolute atomic E-state index is 0.118. The van der Waals surface area contributed by atoms with Crippen LogP contribution in [0.2, 0.25) is 0 Å². The number of rotatable bonds is 4. The molecule has 33 heavy (non-hydrogen) atoms. The molecule has 0 saturated carbocycles. The number of aromatic nitrogens is 1. The molecule has 3 aromatic rings. The second-order valence-electron chi connectivity index (χ2n) is 7.26. The van der Waals surface area contributed by atoms with Gasteiger partial charge >= 0.3 is 0 Å². The number of benzene rings is 2. The number of aliphatic imine (C=N–C) groups is 2. The first-order valence-electron chi connectivity index (χ1n) is 10.3. The zero-order valence-electron chi connectivity index (χ0n) is 18.5. The van der Waals surface area contributed by atoms with E-state index >= 15 is 0 Å². The van der Waals surface area contributed by atoms with Crippen molar-refractivity contribution in [1.29, 1.82) is 0 Å². The molecule has 1 atom stereocenters. The van der Waals surface area contributed by atoms with Gasteiger partial charge in [0, 0.05) is 17.3 Å². The quantitative estimate of drug-likeness (QED) is 0.292. The fourth-order valence-electron chi connectivity index (χ4n) is 3.30. The smallest absolute Gasteiger partial charge is 0.169 e. The predicted octanol–water partition coefficient (Wildman–Crippen LogP) is 6.32. The third kappa shape index (κ3) is 5.76. The molecule has 166 valence electrons. The maximum absolute atomic E-state index is 13.4. The average molecular weight is 443 g/mol. The predicted molar refractivity (Wildman–Crippen MR) is 130 cm³/mol. The Bertz CT molecular complexity index is 1280. The van der Waals surface area contributed by atoms with E-state index in [-0.39, 0.29) is 11.9 Å². The van der Waals surface area contributed by atoms with Gasteiger partial charge in [0.1, 0.15) is 17.7 Å². The molecule has 4 rings (SSSR count). The standard InChI is InChI=1S/C19H14FN3.C8H10FN/c20-15-9-14(10-22-11-15)12-4-3-5-13(8-12)18-16-6-1-2-7-17(16)19(21)23-18;1-4-7(2)8(9)5-6-10-3/h1-11,18H,(H2,21,23);4,6H,3H2,1-2H3/b;7-4-. The number of nitrogens with two attached hydrogens (primary N) is 1. The van der Waals surface area contributed by atoms with E-state index in [9.17, 15) is 8.78 Å². The Balaban J connectivity index is 0.000000262. The summed E-state index contributed by atoms with van der Waals surface area (Å²) in [4.78, 5) is 11.8. The molecule has 0 fully saturated rings. The van der Waals surface area contributed by atoms with Crippen LogP contribution in [0.1, 0.15) is 36.6 Å². The highest BCUT2D eigenvalue weighted by Gasteiger charge is 2.24. The maximum Gasteiger partial charge on any atom is 0.169 e. The number of fused-ring (bicyclic) bond motifs is 1. The normalized spacial score (nSPS) is 14.2. The lowest BCUT2D eigenvalue weighted by atomic mass is 9.95. The van der Waals surface area contributed by atoms with Crippen molar-refractivity contribution in [3.63, 3.8) is 0 Å². The monoisotopic (exact) mass is 442 g/mol. The largest absolute Gasteiger partial charge is 0.383 e. The van der Waals surface area contributed by atoms with Crippen molar-refractivity contribution in [2.75, 3.05) is 0 Å². The zero-order valence-corrected chi connectivity index (χ0v) is 18.5. The SMILES string of the molecule is C=NC=C=C(F)/C(C)=C\C.NC1=NC(c2cccc(-c3cncc(F)c3)c2)c2ccccc21. The second-order valence-corrected chi connectivity index (χ2v) is 7.26. The Morgan fingerprint density at radius 2 is 1.91 bits per heavy atom. The Morgan fingerprint density at radius 3 is 2.64 bits per heavy atom. The second kappa shape index (κ2) is 10.9. The molecule has 2 N–H and O–H groups in total. The topological polar surface area (TPSA) is 63.6 Å². The van der Waals surface area contributed by atoms with Gasteiger partial charge in [0.15, 0.2) is 5.83 Å². The fourth-order valence-corrected chi connectivity index (χ4v) is 3.30. The third-order valence-electron chi connectivity index (χ3n) is 5.10. The van der Waals surface area contributed by atoms with Crippen molar-refractivity contribution in [3.05, 3.63) is 119 Å². The van der Waals surface area contributed by atoms with E-state index < -0.39 is 5.83 Å². The fraction of sp³-hybridized carbons (Fsp3) is 0.111. The average Bonchev–Trinajstić information content (AvgIpc) is 3.19. The Hall–Kier alpha value is -4.15. The first-order chi connectivity index (χ1) is 15.9. The summed E-state index contributed by atoms with van der Waals surface area (Å²) in [5.74, 6) is -0.181. The van der Waals surface area contributed by atoms with E-state index in [1.807, 2.05) is 48.5 Å². The van der Waals surface area contributed by atoms with E-state index in [1.54, 1.807) is 26.1 Å². The molecule has 2 aromatic carbocycles. The van der Waals surface area contributed by atoms with Gasteiger partial charge in [0.25, 0.3) is 0 Å². The van der Waals surface area contributed by atoms with Crippen LogP contribution in [0.5, 0.6) is 0 Å². The molecule has 0 saturated heterocycles. The van der Waals surface area contributed by atoms with Crippen LogP contribution in [-0.2, 0) is 0 Å². The van der Waals surface area contributed by atoms with Gasteiger partial charge in [-0.05, 0) is 55.0 Å². The van der Waals surface area contributed by atoms with E-state index in [0.29, 0.717) is 11.4 Å². The van der Waals surface area contributed by atoms with Crippen LogP contribution < -0.4 is 5.73 Å². The van der Waals surface area contributed by atoms with Gasteiger partial charge in [-0.2, -0.15) is 4.39 Å². The van der Waals surface area contributed by atoms with E-state index in [1.165, 1.54) is 18.5 Å². The van der Waals surface area contributed by atoms with Gasteiger partial charge in [-0.1, -0.05) is 54.3 Å². The zero-order chi connectivity index (χ0) is 23.8. The molecule has 0 aliphatic carbocycles. The summed E-state index contributed by atoms with van der Waals surface area (Å²) in [6.45, 7) is 6.58. The van der Waals surface area contributed by atoms with Crippen LogP contribution in [0.15, 0.2) is 106 Å². The highest BCUT2D eigenvalue weighted by atomic mass is 19.1. The van der Waals surface area contributed by atoms with Crippen LogP contribution in [0, 0.1) is 5.82 Å². The molecule has 0 bridgehead atoms. The third-order valence-corrected chi connectivity index (χ3v) is 5.10. The molecule has 0 amide bonds. The highest BCUT2D eigenvalue weighted by molar-refractivity contribution is 6.01. The van der Waals surface area contributed by atoms with Gasteiger partial charge < -0.3 is 5.73 Å². The number of pyridine rings is 1. The van der Waals surface area contributed by atoms with Crippen molar-refractivity contribution >= 4 is 12.6 Å². The Labute approximate surface area is 192 Å². The highest BCUT2D eigenvalue weighted by Crippen LogP contribution is 2.35. The van der Waals surface area contributed by atoms with Crippen LogP contribution >= 0.6 is 0 Å². The minimum Gasteiger partial charge on any atom is -0.383 e. The Kier molecular flexibility index (Phi) is 7.79. The molecular weight excluding hydrogens is 418 g/mol. The molecule has 2 heterocycles. The van der Waals surface area contributed by atoms with Crippen LogP contribution in [-0.4, -0.2) is 17.5 Å². The maximum atomic E-state index is 13.4. The van der Waals surface area contributed by atoms with Crippen LogP contribution in [0.4, 0.5) is 8.78 Å². The number of allylic oxidation sites excluding steroid dienone is 3. The Morgan fingerprint density at radius 1 is 1.12 bits per heavy atom. The molecular formula is C27H24F2N4. The minimum atomic E-state index is -0.394. The first kappa shape index (κ1) is 23.5. The summed E-state index contributed by atoms with van der Waals surface area (Å²) in [6.07, 6.45) is 5.72.